The maximum absolute atomic E-state index is 10.4. The molecule has 32 heavy (non-hydrogen) atoms. The molecule has 2 N–H and O–H groups in total. The number of aromatic nitrogens is 4. The summed E-state index contributed by atoms with van der Waals surface area (Å²) in [5.74, 6) is 0.667. The van der Waals surface area contributed by atoms with Crippen LogP contribution in [-0.4, -0.2) is 55.1 Å². The minimum atomic E-state index is -1.06. The van der Waals surface area contributed by atoms with E-state index in [0.29, 0.717) is 17.0 Å². The minimum absolute atomic E-state index is 0.0548. The molecule has 1 saturated carbocycles. The van der Waals surface area contributed by atoms with Gasteiger partial charge in [-0.1, -0.05) is 43.9 Å². The van der Waals surface area contributed by atoms with Crippen LogP contribution in [0.3, 0.4) is 0 Å². The van der Waals surface area contributed by atoms with Gasteiger partial charge in [0.05, 0.1) is 12.9 Å². The zero-order valence-electron chi connectivity index (χ0n) is 17.7. The fraction of sp³-hybridized carbons (Fsp3) is 0.522. The molecular formula is C23H26ClN5O3. The van der Waals surface area contributed by atoms with Crippen LogP contribution in [0.15, 0.2) is 30.6 Å². The second kappa shape index (κ2) is 7.66. The van der Waals surface area contributed by atoms with E-state index in [1.807, 2.05) is 0 Å². The fourth-order valence-corrected chi connectivity index (χ4v) is 5.89. The zero-order chi connectivity index (χ0) is 21.9. The molecule has 0 radical (unpaired) electrons. The Balaban J connectivity index is 1.47. The van der Waals surface area contributed by atoms with Gasteiger partial charge in [-0.15, -0.1) is 0 Å². The molecule has 1 saturated heterocycles. The van der Waals surface area contributed by atoms with Gasteiger partial charge >= 0.3 is 0 Å². The number of para-hydroxylation sites is 1. The second-order valence-electron chi connectivity index (χ2n) is 9.22. The molecule has 2 aliphatic heterocycles. The van der Waals surface area contributed by atoms with Gasteiger partial charge in [-0.25, -0.2) is 4.98 Å². The predicted octanol–water partition coefficient (Wildman–Crippen LogP) is 3.47. The van der Waals surface area contributed by atoms with E-state index in [0.717, 1.165) is 25.1 Å². The molecular weight excluding hydrogens is 430 g/mol. The lowest BCUT2D eigenvalue weighted by Gasteiger charge is -2.29. The van der Waals surface area contributed by atoms with Gasteiger partial charge in [-0.05, 0) is 36.1 Å². The number of benzene rings is 1. The standard InChI is InChI=1S/C23H26ClN5O3/c24-22-26-19(17-20(27-22)29(13-25-17)21-18(31)16(30)11-32-21)28-12-23(9-5-1-2-6-10-23)14-7-3-4-8-15(14)28/h3-4,7-8,13,16,18,21,30-31H,1-2,5-6,9-12H2/t16-,18+,21+/m0/s1. The molecule has 2 fully saturated rings. The van der Waals surface area contributed by atoms with Crippen molar-refractivity contribution < 1.29 is 14.9 Å². The molecule has 0 unspecified atom stereocenters. The van der Waals surface area contributed by atoms with Crippen molar-refractivity contribution in [3.05, 3.63) is 41.4 Å². The third-order valence-corrected chi connectivity index (χ3v) is 7.49. The van der Waals surface area contributed by atoms with Crippen molar-refractivity contribution in [1.82, 2.24) is 19.5 Å². The first-order chi connectivity index (χ1) is 15.6. The van der Waals surface area contributed by atoms with E-state index in [-0.39, 0.29) is 17.3 Å². The van der Waals surface area contributed by atoms with Crippen molar-refractivity contribution in [2.24, 2.45) is 0 Å². The highest BCUT2D eigenvalue weighted by molar-refractivity contribution is 6.28. The summed E-state index contributed by atoms with van der Waals surface area (Å²) in [7, 11) is 0. The van der Waals surface area contributed by atoms with Crippen LogP contribution in [0.25, 0.3) is 11.2 Å². The van der Waals surface area contributed by atoms with E-state index in [4.69, 9.17) is 16.3 Å². The topological polar surface area (TPSA) is 96.5 Å². The average Bonchev–Trinajstić information content (AvgIpc) is 3.38. The summed E-state index contributed by atoms with van der Waals surface area (Å²) in [5, 5.41) is 20.4. The van der Waals surface area contributed by atoms with Gasteiger partial charge in [0, 0.05) is 17.6 Å². The van der Waals surface area contributed by atoms with E-state index in [1.165, 1.54) is 31.2 Å². The molecule has 1 spiro atoms. The molecule has 3 atom stereocenters. The summed E-state index contributed by atoms with van der Waals surface area (Å²) in [4.78, 5) is 15.8. The van der Waals surface area contributed by atoms with E-state index in [2.05, 4.69) is 44.1 Å². The summed E-state index contributed by atoms with van der Waals surface area (Å²) in [6, 6.07) is 8.58. The van der Waals surface area contributed by atoms with Gasteiger partial charge in [0.25, 0.3) is 0 Å². The Morgan fingerprint density at radius 2 is 1.84 bits per heavy atom. The maximum Gasteiger partial charge on any atom is 0.226 e. The first-order valence-corrected chi connectivity index (χ1v) is 11.7. The molecule has 1 aliphatic carbocycles. The first-order valence-electron chi connectivity index (χ1n) is 11.3. The van der Waals surface area contributed by atoms with Crippen molar-refractivity contribution >= 4 is 34.3 Å². The van der Waals surface area contributed by atoms with Crippen LogP contribution < -0.4 is 4.90 Å². The highest BCUT2D eigenvalue weighted by atomic mass is 35.5. The Morgan fingerprint density at radius 3 is 2.59 bits per heavy atom. The Bertz CT molecular complexity index is 1160. The molecule has 0 amide bonds. The summed E-state index contributed by atoms with van der Waals surface area (Å²) < 4.78 is 7.24. The normalized spacial score (nSPS) is 27.2. The molecule has 168 valence electrons. The monoisotopic (exact) mass is 455 g/mol. The van der Waals surface area contributed by atoms with Crippen LogP contribution in [0.1, 0.15) is 50.3 Å². The largest absolute Gasteiger partial charge is 0.388 e. The molecule has 1 aromatic carbocycles. The molecule has 3 aliphatic rings. The Hall–Kier alpha value is -2.26. The predicted molar refractivity (Wildman–Crippen MR) is 120 cm³/mol. The van der Waals surface area contributed by atoms with Crippen LogP contribution in [0.4, 0.5) is 11.5 Å². The van der Waals surface area contributed by atoms with Crippen molar-refractivity contribution in [3.63, 3.8) is 0 Å². The Morgan fingerprint density at radius 1 is 1.06 bits per heavy atom. The summed E-state index contributed by atoms with van der Waals surface area (Å²) in [6.45, 7) is 0.891. The van der Waals surface area contributed by atoms with Gasteiger partial charge < -0.3 is 19.8 Å². The van der Waals surface area contributed by atoms with Gasteiger partial charge in [0.1, 0.15) is 12.2 Å². The number of aliphatic hydroxyl groups excluding tert-OH is 2. The molecule has 6 rings (SSSR count). The van der Waals surface area contributed by atoms with Gasteiger partial charge in [0.2, 0.25) is 5.28 Å². The molecule has 9 heteroatoms. The summed E-state index contributed by atoms with van der Waals surface area (Å²) in [6.07, 6.45) is 6.16. The lowest BCUT2D eigenvalue weighted by Crippen LogP contribution is -2.31. The van der Waals surface area contributed by atoms with Gasteiger partial charge in [-0.2, -0.15) is 9.97 Å². The number of nitrogens with zero attached hydrogens (tertiary/aromatic N) is 5. The van der Waals surface area contributed by atoms with Crippen LogP contribution >= 0.6 is 11.6 Å². The number of hydrogen-bond donors (Lipinski definition) is 2. The number of halogens is 1. The number of fused-ring (bicyclic) bond motifs is 3. The summed E-state index contributed by atoms with van der Waals surface area (Å²) in [5.41, 5.74) is 3.72. The van der Waals surface area contributed by atoms with Crippen LogP contribution in [-0.2, 0) is 10.2 Å². The minimum Gasteiger partial charge on any atom is -0.388 e. The molecule has 4 heterocycles. The number of anilines is 2. The van der Waals surface area contributed by atoms with E-state index in [9.17, 15) is 10.2 Å². The van der Waals surface area contributed by atoms with Crippen LogP contribution in [0.2, 0.25) is 5.28 Å². The number of hydrogen-bond acceptors (Lipinski definition) is 7. The van der Waals surface area contributed by atoms with Crippen LogP contribution in [0.5, 0.6) is 0 Å². The van der Waals surface area contributed by atoms with Gasteiger partial charge in [0.15, 0.2) is 23.2 Å². The molecule has 0 bridgehead atoms. The number of aliphatic hydroxyl groups is 2. The SMILES string of the molecule is O[C@H]1[C@H](n2cnc3c(N4CC5(CCCCCC5)c5ccccc54)nc(Cl)nc32)OC[C@@H]1O. The maximum atomic E-state index is 10.4. The first kappa shape index (κ1) is 20.4. The second-order valence-corrected chi connectivity index (χ2v) is 9.56. The number of ether oxygens (including phenoxy) is 1. The summed E-state index contributed by atoms with van der Waals surface area (Å²) >= 11 is 6.39. The Labute approximate surface area is 190 Å². The van der Waals surface area contributed by atoms with E-state index >= 15 is 0 Å². The molecule has 2 aromatic heterocycles. The van der Waals surface area contributed by atoms with E-state index in [1.54, 1.807) is 10.9 Å². The number of rotatable bonds is 2. The third kappa shape index (κ3) is 3.04. The Kier molecular flexibility index (Phi) is 4.87. The fourth-order valence-electron chi connectivity index (χ4n) is 5.73. The van der Waals surface area contributed by atoms with Gasteiger partial charge in [-0.3, -0.25) is 4.57 Å². The highest BCUT2D eigenvalue weighted by Crippen LogP contribution is 2.51. The highest BCUT2D eigenvalue weighted by Gasteiger charge is 2.44. The van der Waals surface area contributed by atoms with Crippen molar-refractivity contribution in [2.45, 2.75) is 62.4 Å². The van der Waals surface area contributed by atoms with Crippen molar-refractivity contribution in [3.8, 4) is 0 Å². The van der Waals surface area contributed by atoms with Crippen LogP contribution in [0, 0.1) is 0 Å². The van der Waals surface area contributed by atoms with Crippen molar-refractivity contribution in [2.75, 3.05) is 18.1 Å². The number of imidazole rings is 1. The lowest BCUT2D eigenvalue weighted by atomic mass is 9.76. The third-order valence-electron chi connectivity index (χ3n) is 7.32. The molecule has 8 nitrogen and oxygen atoms in total. The lowest BCUT2D eigenvalue weighted by molar-refractivity contribution is -0.0162. The zero-order valence-corrected chi connectivity index (χ0v) is 18.4. The molecule has 3 aromatic rings. The smallest absolute Gasteiger partial charge is 0.226 e. The van der Waals surface area contributed by atoms with Crippen molar-refractivity contribution in [1.29, 1.82) is 0 Å². The average molecular weight is 456 g/mol. The quantitative estimate of drug-likeness (QED) is 0.571. The van der Waals surface area contributed by atoms with E-state index < -0.39 is 18.4 Å².